The minimum Gasteiger partial charge on any atom is -0.481 e. The van der Waals surface area contributed by atoms with E-state index >= 15 is 0 Å². The van der Waals surface area contributed by atoms with E-state index in [0.717, 1.165) is 22.3 Å². The van der Waals surface area contributed by atoms with Crippen LogP contribution < -0.4 is 10.6 Å². The number of carbonyl (C=O) groups is 4. The molecule has 2 aromatic rings. The van der Waals surface area contributed by atoms with Crippen molar-refractivity contribution >= 4 is 23.9 Å². The van der Waals surface area contributed by atoms with Crippen molar-refractivity contribution < 1.29 is 29.0 Å². The quantitative estimate of drug-likeness (QED) is 0.560. The molecule has 1 saturated carbocycles. The van der Waals surface area contributed by atoms with Gasteiger partial charge in [0.15, 0.2) is 0 Å². The Labute approximate surface area is 202 Å². The van der Waals surface area contributed by atoms with Gasteiger partial charge in [-0.15, -0.1) is 0 Å². The van der Waals surface area contributed by atoms with E-state index in [9.17, 15) is 19.2 Å². The summed E-state index contributed by atoms with van der Waals surface area (Å²) in [5.74, 6) is -2.22. The van der Waals surface area contributed by atoms with Gasteiger partial charge in [-0.25, -0.2) is 4.79 Å². The number of nitrogens with one attached hydrogen (secondary N) is 2. The predicted octanol–water partition coefficient (Wildman–Crippen LogP) is 1.96. The summed E-state index contributed by atoms with van der Waals surface area (Å²) < 4.78 is 5.54. The Bertz CT molecular complexity index is 1140. The van der Waals surface area contributed by atoms with Crippen molar-refractivity contribution in [1.29, 1.82) is 0 Å². The maximum absolute atomic E-state index is 12.9. The molecule has 1 saturated heterocycles. The van der Waals surface area contributed by atoms with Crippen molar-refractivity contribution in [3.63, 3.8) is 0 Å². The van der Waals surface area contributed by atoms with Gasteiger partial charge in [0.25, 0.3) is 0 Å². The van der Waals surface area contributed by atoms with E-state index in [-0.39, 0.29) is 43.4 Å². The molecule has 3 aliphatic rings. The Kier molecular flexibility index (Phi) is 6.15. The number of aliphatic carboxylic acids is 1. The fourth-order valence-corrected chi connectivity index (χ4v) is 5.20. The van der Waals surface area contributed by atoms with Gasteiger partial charge in [0, 0.05) is 31.5 Å². The van der Waals surface area contributed by atoms with Crippen LogP contribution in [0.1, 0.15) is 29.9 Å². The highest BCUT2D eigenvalue weighted by Gasteiger charge is 2.48. The van der Waals surface area contributed by atoms with Crippen LogP contribution in [-0.4, -0.2) is 66.2 Å². The number of amides is 3. The number of rotatable bonds is 7. The zero-order chi connectivity index (χ0) is 24.5. The van der Waals surface area contributed by atoms with E-state index in [1.807, 2.05) is 24.3 Å². The molecule has 3 atom stereocenters. The molecule has 182 valence electrons. The molecule has 2 aromatic carbocycles. The van der Waals surface area contributed by atoms with Crippen LogP contribution in [-0.2, 0) is 19.1 Å². The molecule has 9 nitrogen and oxygen atoms in total. The molecular weight excluding hydrogens is 450 g/mol. The highest BCUT2D eigenvalue weighted by molar-refractivity contribution is 5.93. The second-order valence-electron chi connectivity index (χ2n) is 9.25. The Hall–Kier alpha value is -3.88. The maximum atomic E-state index is 12.9. The second kappa shape index (κ2) is 9.40. The highest BCUT2D eigenvalue weighted by atomic mass is 16.5. The Morgan fingerprint density at radius 3 is 2.37 bits per heavy atom. The lowest BCUT2D eigenvalue weighted by Crippen LogP contribution is -2.58. The molecule has 5 rings (SSSR count). The zero-order valence-electron chi connectivity index (χ0n) is 19.1. The van der Waals surface area contributed by atoms with Crippen LogP contribution in [0, 0.1) is 11.8 Å². The molecule has 0 spiro atoms. The molecular formula is C26H27N3O6. The third-order valence-corrected chi connectivity index (χ3v) is 7.07. The zero-order valence-corrected chi connectivity index (χ0v) is 19.1. The van der Waals surface area contributed by atoms with Crippen LogP contribution in [0.2, 0.25) is 0 Å². The monoisotopic (exact) mass is 477 g/mol. The third kappa shape index (κ3) is 4.58. The molecule has 2 fully saturated rings. The minimum atomic E-state index is -1.13. The summed E-state index contributed by atoms with van der Waals surface area (Å²) in [7, 11) is 0. The van der Waals surface area contributed by atoms with Crippen LogP contribution in [0.15, 0.2) is 48.5 Å². The first kappa shape index (κ1) is 22.9. The summed E-state index contributed by atoms with van der Waals surface area (Å²) in [5.41, 5.74) is 4.58. The first-order valence-corrected chi connectivity index (χ1v) is 11.8. The van der Waals surface area contributed by atoms with Gasteiger partial charge < -0.3 is 25.4 Å². The number of hydrogen-bond acceptors (Lipinski definition) is 5. The first-order chi connectivity index (χ1) is 16.9. The van der Waals surface area contributed by atoms with E-state index in [0.29, 0.717) is 13.0 Å². The van der Waals surface area contributed by atoms with E-state index in [2.05, 4.69) is 34.9 Å². The van der Waals surface area contributed by atoms with Gasteiger partial charge >= 0.3 is 12.1 Å². The summed E-state index contributed by atoms with van der Waals surface area (Å²) in [5, 5.41) is 14.5. The highest BCUT2D eigenvalue weighted by Crippen LogP contribution is 2.44. The van der Waals surface area contributed by atoms with Crippen LogP contribution in [0.4, 0.5) is 4.79 Å². The number of nitrogens with zero attached hydrogens (tertiary/aromatic N) is 1. The number of benzene rings is 2. The molecule has 1 heterocycles. The molecule has 3 amide bonds. The fourth-order valence-electron chi connectivity index (χ4n) is 5.20. The van der Waals surface area contributed by atoms with Gasteiger partial charge in [0.2, 0.25) is 11.8 Å². The van der Waals surface area contributed by atoms with Gasteiger partial charge in [-0.05, 0) is 34.6 Å². The first-order valence-electron chi connectivity index (χ1n) is 11.8. The summed E-state index contributed by atoms with van der Waals surface area (Å²) in [4.78, 5) is 49.9. The number of piperazine rings is 1. The van der Waals surface area contributed by atoms with Crippen molar-refractivity contribution in [2.45, 2.75) is 24.8 Å². The average Bonchev–Trinajstić information content (AvgIpc) is 3.57. The lowest BCUT2D eigenvalue weighted by molar-refractivity contribution is -0.149. The predicted molar refractivity (Wildman–Crippen MR) is 125 cm³/mol. The van der Waals surface area contributed by atoms with E-state index < -0.39 is 30.4 Å². The van der Waals surface area contributed by atoms with Crippen molar-refractivity contribution in [2.75, 3.05) is 26.2 Å². The Morgan fingerprint density at radius 1 is 1.06 bits per heavy atom. The SMILES string of the molecule is O=C(O)CC1C(=O)NCCN1C(=O)[C@H]1C[C@H]1CNC(=O)OCC1c2ccccc2-c2ccccc21. The van der Waals surface area contributed by atoms with Crippen molar-refractivity contribution in [1.82, 2.24) is 15.5 Å². The number of ether oxygens (including phenoxy) is 1. The van der Waals surface area contributed by atoms with E-state index in [1.165, 1.54) is 4.90 Å². The number of alkyl carbamates (subject to hydrolysis) is 1. The molecule has 0 bridgehead atoms. The smallest absolute Gasteiger partial charge is 0.407 e. The summed E-state index contributed by atoms with van der Waals surface area (Å²) in [6.07, 6.45) is -0.376. The lowest BCUT2D eigenvalue weighted by atomic mass is 9.98. The van der Waals surface area contributed by atoms with E-state index in [1.54, 1.807) is 0 Å². The summed E-state index contributed by atoms with van der Waals surface area (Å²) in [6, 6.07) is 15.2. The largest absolute Gasteiger partial charge is 0.481 e. The van der Waals surface area contributed by atoms with Crippen LogP contribution in [0.3, 0.4) is 0 Å². The topological polar surface area (TPSA) is 125 Å². The molecule has 1 aliphatic heterocycles. The summed E-state index contributed by atoms with van der Waals surface area (Å²) >= 11 is 0. The molecule has 1 unspecified atom stereocenters. The molecule has 9 heteroatoms. The fraction of sp³-hybridized carbons (Fsp3) is 0.385. The molecule has 0 aromatic heterocycles. The van der Waals surface area contributed by atoms with Crippen molar-refractivity contribution in [2.24, 2.45) is 11.8 Å². The van der Waals surface area contributed by atoms with Crippen LogP contribution in [0.25, 0.3) is 11.1 Å². The second-order valence-corrected chi connectivity index (χ2v) is 9.25. The number of carboxylic acid groups (broad SMARTS) is 1. The number of hydrogen-bond donors (Lipinski definition) is 3. The minimum absolute atomic E-state index is 0.0279. The van der Waals surface area contributed by atoms with Crippen molar-refractivity contribution in [3.8, 4) is 11.1 Å². The number of carbonyl (C=O) groups excluding carboxylic acids is 3. The average molecular weight is 478 g/mol. The standard InChI is InChI=1S/C26H27N3O6/c30-23(31)12-22-24(32)27-9-10-29(22)25(33)20-11-15(20)13-28-26(34)35-14-21-18-7-3-1-5-16(18)17-6-2-4-8-19(17)21/h1-8,15,20-22H,9-14H2,(H,27,32)(H,28,34)(H,30,31)/t15-,20-,22?/m0/s1. The van der Waals surface area contributed by atoms with E-state index in [4.69, 9.17) is 9.84 Å². The molecule has 35 heavy (non-hydrogen) atoms. The van der Waals surface area contributed by atoms with Gasteiger partial charge in [0.05, 0.1) is 6.42 Å². The normalized spacial score (nSPS) is 22.6. The van der Waals surface area contributed by atoms with Gasteiger partial charge in [-0.3, -0.25) is 14.4 Å². The number of carboxylic acids is 1. The van der Waals surface area contributed by atoms with Gasteiger partial charge in [-0.2, -0.15) is 0 Å². The molecule has 0 radical (unpaired) electrons. The molecule has 3 N–H and O–H groups in total. The molecule has 2 aliphatic carbocycles. The van der Waals surface area contributed by atoms with Crippen LogP contribution in [0.5, 0.6) is 0 Å². The summed E-state index contributed by atoms with van der Waals surface area (Å²) in [6.45, 7) is 1.09. The van der Waals surface area contributed by atoms with Crippen molar-refractivity contribution in [3.05, 3.63) is 59.7 Å². The third-order valence-electron chi connectivity index (χ3n) is 7.07. The lowest BCUT2D eigenvalue weighted by Gasteiger charge is -2.34. The van der Waals surface area contributed by atoms with Crippen LogP contribution >= 0.6 is 0 Å². The van der Waals surface area contributed by atoms with Gasteiger partial charge in [0.1, 0.15) is 12.6 Å². The Balaban J connectivity index is 1.12. The number of fused-ring (bicyclic) bond motifs is 3. The van der Waals surface area contributed by atoms with Gasteiger partial charge in [-0.1, -0.05) is 48.5 Å². The Morgan fingerprint density at radius 2 is 1.71 bits per heavy atom. The maximum Gasteiger partial charge on any atom is 0.407 e.